The highest BCUT2D eigenvalue weighted by molar-refractivity contribution is 6.00. The van der Waals surface area contributed by atoms with Gasteiger partial charge in [-0.05, 0) is 18.4 Å². The maximum Gasteiger partial charge on any atom is 0.303 e. The highest BCUT2D eigenvalue weighted by atomic mass is 16.5. The predicted molar refractivity (Wildman–Crippen MR) is 86.0 cm³/mol. The number of ether oxygens (including phenoxy) is 3. The molecule has 0 bridgehead atoms. The molecule has 23 heavy (non-hydrogen) atoms. The molecule has 0 atom stereocenters. The Morgan fingerprint density at radius 3 is 2.09 bits per heavy atom. The number of Topliss-reactive ketones (excluding diaryl/α,β-unsaturated/α-hetero) is 1. The molecule has 0 aliphatic heterocycles. The molecule has 128 valence electrons. The molecule has 0 heterocycles. The van der Waals surface area contributed by atoms with E-state index < -0.39 is 5.97 Å². The predicted octanol–water partition coefficient (Wildman–Crippen LogP) is 3.27. The molecule has 0 amide bonds. The number of methoxy groups -OCH3 is 3. The van der Waals surface area contributed by atoms with Crippen molar-refractivity contribution in [2.75, 3.05) is 21.3 Å². The van der Waals surface area contributed by atoms with Gasteiger partial charge in [0, 0.05) is 18.4 Å². The molecule has 6 nitrogen and oxygen atoms in total. The second kappa shape index (κ2) is 8.41. The summed E-state index contributed by atoms with van der Waals surface area (Å²) in [6, 6.07) is 1.59. The van der Waals surface area contributed by atoms with Crippen molar-refractivity contribution in [2.24, 2.45) is 0 Å². The van der Waals surface area contributed by atoms with Crippen molar-refractivity contribution < 1.29 is 28.9 Å². The van der Waals surface area contributed by atoms with Crippen LogP contribution in [0.2, 0.25) is 0 Å². The van der Waals surface area contributed by atoms with E-state index in [9.17, 15) is 9.59 Å². The molecule has 1 N–H and O–H groups in total. The lowest BCUT2D eigenvalue weighted by molar-refractivity contribution is -0.137. The maximum absolute atomic E-state index is 12.5. The van der Waals surface area contributed by atoms with Gasteiger partial charge in [-0.2, -0.15) is 0 Å². The van der Waals surface area contributed by atoms with Crippen LogP contribution in [0, 0.1) is 0 Å². The van der Waals surface area contributed by atoms with Crippen molar-refractivity contribution in [2.45, 2.75) is 39.0 Å². The van der Waals surface area contributed by atoms with Gasteiger partial charge in [0.2, 0.25) is 0 Å². The second-order valence-corrected chi connectivity index (χ2v) is 5.43. The van der Waals surface area contributed by atoms with Crippen LogP contribution in [0.25, 0.3) is 0 Å². The summed E-state index contributed by atoms with van der Waals surface area (Å²) in [6.07, 6.45) is 0.372. The standard InChI is InChI=1S/C17H24O6/c1-10(2)15-16(22-4)11(9-13(21-3)17(15)23-5)12(18)7-6-8-14(19)20/h9-10H,6-8H2,1-5H3,(H,19,20). The van der Waals surface area contributed by atoms with Gasteiger partial charge in [-0.15, -0.1) is 0 Å². The molecule has 6 heteroatoms. The zero-order valence-corrected chi connectivity index (χ0v) is 14.3. The minimum absolute atomic E-state index is 0.0433. The Morgan fingerprint density at radius 2 is 1.65 bits per heavy atom. The van der Waals surface area contributed by atoms with Crippen LogP contribution in [0.15, 0.2) is 6.07 Å². The highest BCUT2D eigenvalue weighted by Gasteiger charge is 2.25. The average molecular weight is 324 g/mol. The minimum atomic E-state index is -0.917. The van der Waals surface area contributed by atoms with Crippen molar-refractivity contribution >= 4 is 11.8 Å². The second-order valence-electron chi connectivity index (χ2n) is 5.43. The molecule has 0 spiro atoms. The monoisotopic (exact) mass is 324 g/mol. The summed E-state index contributed by atoms with van der Waals surface area (Å²) in [5.74, 6) is 0.421. The first-order chi connectivity index (χ1) is 10.9. The number of aliphatic carboxylic acids is 1. The third kappa shape index (κ3) is 4.37. The minimum Gasteiger partial charge on any atom is -0.496 e. The fraction of sp³-hybridized carbons (Fsp3) is 0.529. The smallest absolute Gasteiger partial charge is 0.303 e. The average Bonchev–Trinajstić information content (AvgIpc) is 2.51. The molecule has 0 fully saturated rings. The van der Waals surface area contributed by atoms with Gasteiger partial charge in [-0.3, -0.25) is 9.59 Å². The zero-order chi connectivity index (χ0) is 17.6. The van der Waals surface area contributed by atoms with Crippen molar-refractivity contribution in [1.82, 2.24) is 0 Å². The zero-order valence-electron chi connectivity index (χ0n) is 14.3. The van der Waals surface area contributed by atoms with E-state index in [4.69, 9.17) is 19.3 Å². The number of rotatable bonds is 9. The van der Waals surface area contributed by atoms with Gasteiger partial charge in [0.1, 0.15) is 5.75 Å². The van der Waals surface area contributed by atoms with Crippen LogP contribution < -0.4 is 14.2 Å². The molecular weight excluding hydrogens is 300 g/mol. The molecule has 0 aliphatic carbocycles. The first-order valence-electron chi connectivity index (χ1n) is 7.45. The summed E-state index contributed by atoms with van der Waals surface area (Å²) in [5, 5.41) is 8.69. The van der Waals surface area contributed by atoms with Gasteiger partial charge < -0.3 is 19.3 Å². The third-order valence-electron chi connectivity index (χ3n) is 3.53. The van der Waals surface area contributed by atoms with E-state index in [1.807, 2.05) is 13.8 Å². The molecule has 1 aromatic rings. The number of benzene rings is 1. The van der Waals surface area contributed by atoms with E-state index in [0.29, 0.717) is 22.8 Å². The summed E-state index contributed by atoms with van der Waals surface area (Å²) in [7, 11) is 4.55. The van der Waals surface area contributed by atoms with E-state index in [2.05, 4.69) is 0 Å². The molecule has 0 aromatic heterocycles. The van der Waals surface area contributed by atoms with Crippen LogP contribution in [0.3, 0.4) is 0 Å². The van der Waals surface area contributed by atoms with E-state index >= 15 is 0 Å². The number of ketones is 1. The van der Waals surface area contributed by atoms with Gasteiger partial charge in [0.25, 0.3) is 0 Å². The molecule has 0 unspecified atom stereocenters. The van der Waals surface area contributed by atoms with E-state index in [-0.39, 0.29) is 31.0 Å². The molecule has 1 rings (SSSR count). The Morgan fingerprint density at radius 1 is 1.04 bits per heavy atom. The summed E-state index contributed by atoms with van der Waals surface area (Å²) in [6.45, 7) is 3.94. The maximum atomic E-state index is 12.5. The first kappa shape index (κ1) is 18.8. The topological polar surface area (TPSA) is 82.1 Å². The van der Waals surface area contributed by atoms with E-state index in [1.54, 1.807) is 6.07 Å². The molecular formula is C17H24O6. The Kier molecular flexibility index (Phi) is 6.88. The van der Waals surface area contributed by atoms with Gasteiger partial charge in [0.05, 0.1) is 26.9 Å². The number of carbonyl (C=O) groups is 2. The summed E-state index contributed by atoms with van der Waals surface area (Å²) in [5.41, 5.74) is 1.15. The summed E-state index contributed by atoms with van der Waals surface area (Å²) >= 11 is 0. The fourth-order valence-corrected chi connectivity index (χ4v) is 2.49. The number of carboxylic acids is 1. The molecule has 0 aliphatic rings. The van der Waals surface area contributed by atoms with Crippen molar-refractivity contribution in [3.63, 3.8) is 0 Å². The Bertz CT molecular complexity index is 577. The number of hydrogen-bond acceptors (Lipinski definition) is 5. The van der Waals surface area contributed by atoms with E-state index in [0.717, 1.165) is 5.56 Å². The van der Waals surface area contributed by atoms with E-state index in [1.165, 1.54) is 21.3 Å². The Labute approximate surface area is 136 Å². The van der Waals surface area contributed by atoms with Gasteiger partial charge >= 0.3 is 5.97 Å². The van der Waals surface area contributed by atoms with Crippen LogP contribution in [-0.4, -0.2) is 38.2 Å². The third-order valence-corrected chi connectivity index (χ3v) is 3.53. The molecule has 0 radical (unpaired) electrons. The molecule has 0 saturated carbocycles. The fourth-order valence-electron chi connectivity index (χ4n) is 2.49. The number of carboxylic acid groups (broad SMARTS) is 1. The van der Waals surface area contributed by atoms with Gasteiger partial charge in [0.15, 0.2) is 17.3 Å². The van der Waals surface area contributed by atoms with Gasteiger partial charge in [-0.25, -0.2) is 0 Å². The normalized spacial score (nSPS) is 10.5. The van der Waals surface area contributed by atoms with Crippen molar-refractivity contribution in [3.8, 4) is 17.2 Å². The van der Waals surface area contributed by atoms with Crippen molar-refractivity contribution in [1.29, 1.82) is 0 Å². The van der Waals surface area contributed by atoms with Crippen LogP contribution in [0.1, 0.15) is 54.9 Å². The first-order valence-corrected chi connectivity index (χ1v) is 7.45. The lowest BCUT2D eigenvalue weighted by atomic mass is 9.94. The molecule has 1 aromatic carbocycles. The SMILES string of the molecule is COc1cc(C(=O)CCCC(=O)O)c(OC)c(C(C)C)c1OC. The quantitative estimate of drug-likeness (QED) is 0.702. The number of carbonyl (C=O) groups excluding carboxylic acids is 1. The van der Waals surface area contributed by atoms with Crippen LogP contribution >= 0.6 is 0 Å². The Hall–Kier alpha value is -2.24. The summed E-state index contributed by atoms with van der Waals surface area (Å²) in [4.78, 5) is 23.1. The molecule has 0 saturated heterocycles. The highest BCUT2D eigenvalue weighted by Crippen LogP contribution is 2.44. The summed E-state index contributed by atoms with van der Waals surface area (Å²) < 4.78 is 16.2. The lowest BCUT2D eigenvalue weighted by Crippen LogP contribution is -2.09. The van der Waals surface area contributed by atoms with Crippen LogP contribution in [0.5, 0.6) is 17.2 Å². The number of hydrogen-bond donors (Lipinski definition) is 1. The van der Waals surface area contributed by atoms with Gasteiger partial charge in [-0.1, -0.05) is 13.8 Å². The largest absolute Gasteiger partial charge is 0.496 e. The van der Waals surface area contributed by atoms with Crippen LogP contribution in [0.4, 0.5) is 0 Å². The lowest BCUT2D eigenvalue weighted by Gasteiger charge is -2.21. The van der Waals surface area contributed by atoms with Crippen molar-refractivity contribution in [3.05, 3.63) is 17.2 Å². The van der Waals surface area contributed by atoms with Crippen LogP contribution in [-0.2, 0) is 4.79 Å². The Balaban J connectivity index is 3.33.